The number of aliphatic hydroxyl groups excluding tert-OH is 1. The summed E-state index contributed by atoms with van der Waals surface area (Å²) in [6, 6.07) is 4.17. The first-order valence-corrected chi connectivity index (χ1v) is 11.7. The molecule has 2 saturated carbocycles. The molecule has 8 nitrogen and oxygen atoms in total. The summed E-state index contributed by atoms with van der Waals surface area (Å²) in [7, 11) is 1.63. The van der Waals surface area contributed by atoms with Crippen LogP contribution in [0, 0.1) is 17.2 Å². The van der Waals surface area contributed by atoms with Gasteiger partial charge in [0.05, 0.1) is 17.2 Å². The van der Waals surface area contributed by atoms with Crippen molar-refractivity contribution in [1.29, 1.82) is 0 Å². The van der Waals surface area contributed by atoms with Crippen molar-refractivity contribution in [3.63, 3.8) is 0 Å². The lowest BCUT2D eigenvalue weighted by atomic mass is 9.89. The standard InChI is InChI=1S/C24H23ClFN3O5/c1-27-21(33)18-14-5-7-28(10-12-2-3-16(26)15(25)8-12)20(32)17(14)19(31)22(34)29(18)24(27)6-4-13-9-23(13,24)11-30/h2-3,8,13,30-31H,4-7,9-11H2,1H3/t13-,23-,24-/m1/s1. The topological polar surface area (TPSA) is 103 Å². The Morgan fingerprint density at radius 3 is 2.68 bits per heavy atom. The van der Waals surface area contributed by atoms with Crippen molar-refractivity contribution in [3.05, 3.63) is 61.8 Å². The Morgan fingerprint density at radius 1 is 1.24 bits per heavy atom. The summed E-state index contributed by atoms with van der Waals surface area (Å²) in [5.41, 5.74) is -1.48. The number of carbonyl (C=O) groups excluding carboxylic acids is 2. The van der Waals surface area contributed by atoms with Crippen molar-refractivity contribution in [2.45, 2.75) is 37.9 Å². The number of aromatic nitrogens is 1. The Hall–Kier alpha value is -2.91. The van der Waals surface area contributed by atoms with E-state index in [1.807, 2.05) is 0 Å². The first-order chi connectivity index (χ1) is 16.2. The lowest BCUT2D eigenvalue weighted by Gasteiger charge is -2.41. The summed E-state index contributed by atoms with van der Waals surface area (Å²) in [6.07, 6.45) is 2.26. The van der Waals surface area contributed by atoms with E-state index in [1.54, 1.807) is 7.05 Å². The van der Waals surface area contributed by atoms with E-state index in [0.717, 1.165) is 6.42 Å². The van der Waals surface area contributed by atoms with Crippen molar-refractivity contribution < 1.29 is 24.2 Å². The summed E-state index contributed by atoms with van der Waals surface area (Å²) >= 11 is 5.86. The van der Waals surface area contributed by atoms with Crippen LogP contribution < -0.4 is 5.56 Å². The van der Waals surface area contributed by atoms with Crippen LogP contribution in [0.4, 0.5) is 4.39 Å². The summed E-state index contributed by atoms with van der Waals surface area (Å²) < 4.78 is 14.9. The Bertz CT molecular complexity index is 1360. The Morgan fingerprint density at radius 2 is 2.00 bits per heavy atom. The van der Waals surface area contributed by atoms with Crippen molar-refractivity contribution in [2.75, 3.05) is 20.2 Å². The van der Waals surface area contributed by atoms with Crippen LogP contribution in [-0.4, -0.2) is 56.6 Å². The molecule has 2 fully saturated rings. The number of nitrogens with zero attached hydrogens (tertiary/aromatic N) is 3. The fourth-order valence-corrected chi connectivity index (χ4v) is 6.99. The monoisotopic (exact) mass is 487 g/mol. The molecule has 0 saturated heterocycles. The maximum absolute atomic E-state index is 13.5. The second kappa shape index (κ2) is 6.82. The van der Waals surface area contributed by atoms with E-state index < -0.39 is 34.1 Å². The van der Waals surface area contributed by atoms with Gasteiger partial charge in [-0.2, -0.15) is 0 Å². The van der Waals surface area contributed by atoms with Crippen LogP contribution in [0.5, 0.6) is 5.75 Å². The molecule has 2 aliphatic carbocycles. The van der Waals surface area contributed by atoms with Gasteiger partial charge >= 0.3 is 0 Å². The van der Waals surface area contributed by atoms with Crippen LogP contribution in [0.15, 0.2) is 23.0 Å². The molecule has 0 unspecified atom stereocenters. The highest BCUT2D eigenvalue weighted by Crippen LogP contribution is 2.72. The third-order valence-corrected chi connectivity index (χ3v) is 8.82. The largest absolute Gasteiger partial charge is 0.502 e. The number of hydrogen-bond acceptors (Lipinski definition) is 5. The average Bonchev–Trinajstić information content (AvgIpc) is 3.40. The van der Waals surface area contributed by atoms with Gasteiger partial charge in [0, 0.05) is 31.1 Å². The van der Waals surface area contributed by atoms with Crippen LogP contribution in [0.25, 0.3) is 0 Å². The van der Waals surface area contributed by atoms with E-state index >= 15 is 0 Å². The molecule has 2 N–H and O–H groups in total. The van der Waals surface area contributed by atoms with Gasteiger partial charge in [0.25, 0.3) is 17.4 Å². The molecule has 2 aliphatic heterocycles. The molecule has 2 aromatic rings. The Kier molecular flexibility index (Phi) is 4.34. The number of aliphatic hydroxyl groups is 1. The Balaban J connectivity index is 1.47. The number of pyridine rings is 1. The van der Waals surface area contributed by atoms with Gasteiger partial charge in [-0.3, -0.25) is 19.0 Å². The molecular weight excluding hydrogens is 465 g/mol. The first-order valence-electron chi connectivity index (χ1n) is 11.3. The minimum absolute atomic E-state index is 0.0621. The molecule has 0 radical (unpaired) electrons. The molecular formula is C24H23ClFN3O5. The predicted octanol–water partition coefficient (Wildman–Crippen LogP) is 2.08. The van der Waals surface area contributed by atoms with E-state index in [1.165, 1.54) is 32.6 Å². The Labute approximate surface area is 199 Å². The fourth-order valence-electron chi connectivity index (χ4n) is 6.78. The lowest BCUT2D eigenvalue weighted by Crippen LogP contribution is -2.54. The zero-order valence-electron chi connectivity index (χ0n) is 18.5. The van der Waals surface area contributed by atoms with E-state index in [0.29, 0.717) is 24.0 Å². The van der Waals surface area contributed by atoms with E-state index in [2.05, 4.69) is 0 Å². The summed E-state index contributed by atoms with van der Waals surface area (Å²) in [6.45, 7) is 0.207. The van der Waals surface area contributed by atoms with E-state index in [9.17, 15) is 29.0 Å². The molecule has 34 heavy (non-hydrogen) atoms. The molecule has 1 spiro atoms. The zero-order valence-corrected chi connectivity index (χ0v) is 19.2. The number of rotatable bonds is 3. The first kappa shape index (κ1) is 21.6. The third-order valence-electron chi connectivity index (χ3n) is 8.53. The normalized spacial score (nSPS) is 29.0. The number of halogens is 2. The van der Waals surface area contributed by atoms with Gasteiger partial charge in [-0.05, 0) is 49.3 Å². The molecule has 3 heterocycles. The van der Waals surface area contributed by atoms with Crippen molar-refractivity contribution >= 4 is 23.4 Å². The van der Waals surface area contributed by atoms with Crippen LogP contribution in [0.2, 0.25) is 5.02 Å². The van der Waals surface area contributed by atoms with Gasteiger partial charge in [-0.1, -0.05) is 17.7 Å². The molecule has 0 bridgehead atoms. The number of carbonyl (C=O) groups is 2. The highest BCUT2D eigenvalue weighted by atomic mass is 35.5. The highest BCUT2D eigenvalue weighted by molar-refractivity contribution is 6.30. The summed E-state index contributed by atoms with van der Waals surface area (Å²) in [4.78, 5) is 43.4. The van der Waals surface area contributed by atoms with Gasteiger partial charge in [-0.15, -0.1) is 0 Å². The lowest BCUT2D eigenvalue weighted by molar-refractivity contribution is -0.0166. The fraction of sp³-hybridized carbons (Fsp3) is 0.458. The molecule has 2 amide bonds. The number of aromatic hydroxyl groups is 1. The summed E-state index contributed by atoms with van der Waals surface area (Å²) in [5.74, 6) is -1.97. The smallest absolute Gasteiger partial charge is 0.296 e. The number of hydrogen-bond donors (Lipinski definition) is 2. The number of amides is 2. The summed E-state index contributed by atoms with van der Waals surface area (Å²) in [5, 5.41) is 21.2. The molecule has 1 aromatic carbocycles. The average molecular weight is 488 g/mol. The van der Waals surface area contributed by atoms with Gasteiger partial charge in [0.1, 0.15) is 17.2 Å². The van der Waals surface area contributed by atoms with Crippen LogP contribution in [0.1, 0.15) is 51.2 Å². The molecule has 1 aromatic heterocycles. The van der Waals surface area contributed by atoms with Crippen molar-refractivity contribution in [2.24, 2.45) is 11.3 Å². The minimum atomic E-state index is -1.03. The number of fused-ring (bicyclic) bond motifs is 6. The molecule has 6 rings (SSSR count). The van der Waals surface area contributed by atoms with Crippen LogP contribution >= 0.6 is 11.6 Å². The van der Waals surface area contributed by atoms with Crippen molar-refractivity contribution in [3.8, 4) is 5.75 Å². The van der Waals surface area contributed by atoms with Crippen LogP contribution in [-0.2, 0) is 18.6 Å². The highest BCUT2D eigenvalue weighted by Gasteiger charge is 2.76. The van der Waals surface area contributed by atoms with Gasteiger partial charge in [0.15, 0.2) is 5.75 Å². The van der Waals surface area contributed by atoms with E-state index in [-0.39, 0.29) is 54.2 Å². The van der Waals surface area contributed by atoms with Crippen LogP contribution in [0.3, 0.4) is 0 Å². The number of benzene rings is 1. The van der Waals surface area contributed by atoms with Crippen molar-refractivity contribution in [1.82, 2.24) is 14.4 Å². The molecule has 3 atom stereocenters. The molecule has 10 heteroatoms. The second-order valence-electron chi connectivity index (χ2n) is 9.85. The van der Waals surface area contributed by atoms with E-state index in [4.69, 9.17) is 11.6 Å². The second-order valence-corrected chi connectivity index (χ2v) is 10.3. The third kappa shape index (κ3) is 2.39. The zero-order chi connectivity index (χ0) is 24.2. The van der Waals surface area contributed by atoms with Gasteiger partial charge in [0.2, 0.25) is 0 Å². The molecule has 178 valence electrons. The molecule has 4 aliphatic rings. The quantitative estimate of drug-likeness (QED) is 0.690. The van der Waals surface area contributed by atoms with Gasteiger partial charge < -0.3 is 20.0 Å². The minimum Gasteiger partial charge on any atom is -0.502 e. The predicted molar refractivity (Wildman–Crippen MR) is 119 cm³/mol. The maximum atomic E-state index is 13.5. The SMILES string of the molecule is CN1C(=O)c2c3c(c(O)c(=O)n2[C@@]12CC[C@@H]1C[C@@]12CO)C(=O)N(Cc1ccc(F)c(Cl)c1)CC3. The van der Waals surface area contributed by atoms with Gasteiger partial charge in [-0.25, -0.2) is 4.39 Å². The maximum Gasteiger partial charge on any atom is 0.296 e.